The lowest BCUT2D eigenvalue weighted by Crippen LogP contribution is -2.40. The molecule has 5 nitrogen and oxygen atoms in total. The first-order valence-electron chi connectivity index (χ1n) is 6.40. The first-order chi connectivity index (χ1) is 8.22. The largest absolute Gasteiger partial charge is 0.481 e. The van der Waals surface area contributed by atoms with Gasteiger partial charge >= 0.3 is 11.9 Å². The molecule has 5 heteroatoms. The van der Waals surface area contributed by atoms with E-state index in [0.717, 1.165) is 23.9 Å². The van der Waals surface area contributed by atoms with Crippen LogP contribution < -0.4 is 0 Å². The Hall–Kier alpha value is -1.10. The highest BCUT2D eigenvalue weighted by atomic mass is 16.5. The molecule has 104 valence electrons. The van der Waals surface area contributed by atoms with E-state index in [2.05, 4.69) is 21.1 Å². The van der Waals surface area contributed by atoms with E-state index in [4.69, 9.17) is 9.84 Å². The molecule has 0 radical (unpaired) electrons. The second-order valence-corrected chi connectivity index (χ2v) is 6.34. The van der Waals surface area contributed by atoms with Gasteiger partial charge in [0.15, 0.2) is 0 Å². The van der Waals surface area contributed by atoms with Crippen LogP contribution in [-0.4, -0.2) is 55.8 Å². The SMILES string of the molecule is C[N+](C)(C)CC1(CC(=O)OCCCC(=O)O)CC1. The minimum Gasteiger partial charge on any atom is -0.481 e. The Kier molecular flexibility index (Phi) is 4.73. The van der Waals surface area contributed by atoms with Crippen LogP contribution in [0, 0.1) is 5.41 Å². The zero-order chi connectivity index (χ0) is 13.8. The van der Waals surface area contributed by atoms with Crippen LogP contribution in [0.1, 0.15) is 32.1 Å². The predicted molar refractivity (Wildman–Crippen MR) is 67.0 cm³/mol. The molecule has 1 saturated carbocycles. The minimum atomic E-state index is -0.852. The summed E-state index contributed by atoms with van der Waals surface area (Å²) in [4.78, 5) is 21.9. The van der Waals surface area contributed by atoms with Gasteiger partial charge < -0.3 is 14.3 Å². The van der Waals surface area contributed by atoms with Crippen molar-refractivity contribution in [2.24, 2.45) is 5.41 Å². The zero-order valence-electron chi connectivity index (χ0n) is 11.6. The molecular formula is C13H24NO4+. The number of ether oxygens (including phenoxy) is 1. The summed E-state index contributed by atoms with van der Waals surface area (Å²) >= 11 is 0. The molecule has 1 rings (SSSR count). The van der Waals surface area contributed by atoms with Crippen molar-refractivity contribution < 1.29 is 23.9 Å². The molecule has 0 spiro atoms. The molecule has 0 aromatic rings. The second-order valence-electron chi connectivity index (χ2n) is 6.34. The average Bonchev–Trinajstić information content (AvgIpc) is 2.89. The maximum atomic E-state index is 11.7. The first kappa shape index (κ1) is 15.0. The van der Waals surface area contributed by atoms with Gasteiger partial charge in [0.25, 0.3) is 0 Å². The van der Waals surface area contributed by atoms with Crippen molar-refractivity contribution >= 4 is 11.9 Å². The van der Waals surface area contributed by atoms with Gasteiger partial charge in [-0.15, -0.1) is 0 Å². The van der Waals surface area contributed by atoms with Gasteiger partial charge in [0.05, 0.1) is 40.7 Å². The lowest BCUT2D eigenvalue weighted by atomic mass is 10.0. The number of hydrogen-bond acceptors (Lipinski definition) is 3. The van der Waals surface area contributed by atoms with Gasteiger partial charge in [0.2, 0.25) is 0 Å². The van der Waals surface area contributed by atoms with Gasteiger partial charge in [-0.05, 0) is 19.3 Å². The Morgan fingerprint density at radius 3 is 2.33 bits per heavy atom. The van der Waals surface area contributed by atoms with E-state index < -0.39 is 5.97 Å². The van der Waals surface area contributed by atoms with Crippen LogP contribution in [0.25, 0.3) is 0 Å². The van der Waals surface area contributed by atoms with Gasteiger partial charge in [0, 0.05) is 11.8 Å². The highest BCUT2D eigenvalue weighted by Crippen LogP contribution is 2.50. The summed E-state index contributed by atoms with van der Waals surface area (Å²) in [6, 6.07) is 0. The Morgan fingerprint density at radius 1 is 1.28 bits per heavy atom. The molecule has 0 aliphatic heterocycles. The molecule has 0 heterocycles. The van der Waals surface area contributed by atoms with E-state index in [0.29, 0.717) is 12.8 Å². The standard InChI is InChI=1S/C13H23NO4/c1-14(2,3)10-13(6-7-13)9-12(17)18-8-4-5-11(15)16/h4-10H2,1-3H3/p+1. The molecule has 0 unspecified atom stereocenters. The number of nitrogens with zero attached hydrogens (tertiary/aromatic N) is 1. The Balaban J connectivity index is 2.22. The number of rotatable bonds is 8. The smallest absolute Gasteiger partial charge is 0.306 e. The highest BCUT2D eigenvalue weighted by molar-refractivity contribution is 5.71. The van der Waals surface area contributed by atoms with Crippen LogP contribution in [-0.2, 0) is 14.3 Å². The number of aliphatic carboxylic acids is 1. The molecule has 1 aliphatic carbocycles. The normalized spacial score (nSPS) is 17.3. The van der Waals surface area contributed by atoms with Crippen LogP contribution >= 0.6 is 0 Å². The summed E-state index contributed by atoms with van der Waals surface area (Å²) in [5.41, 5.74) is 0.127. The van der Waals surface area contributed by atoms with Crippen molar-refractivity contribution in [3.63, 3.8) is 0 Å². The molecule has 0 aromatic heterocycles. The third-order valence-corrected chi connectivity index (χ3v) is 3.08. The Labute approximate surface area is 108 Å². The van der Waals surface area contributed by atoms with E-state index >= 15 is 0 Å². The average molecular weight is 258 g/mol. The van der Waals surface area contributed by atoms with Crippen LogP contribution in [0.4, 0.5) is 0 Å². The molecule has 18 heavy (non-hydrogen) atoms. The van der Waals surface area contributed by atoms with E-state index in [1.807, 2.05) is 0 Å². The summed E-state index contributed by atoms with van der Waals surface area (Å²) in [5, 5.41) is 8.46. The fourth-order valence-electron chi connectivity index (χ4n) is 2.34. The van der Waals surface area contributed by atoms with Crippen molar-refractivity contribution in [2.75, 3.05) is 34.3 Å². The lowest BCUT2D eigenvalue weighted by Gasteiger charge is -2.28. The molecule has 0 amide bonds. The van der Waals surface area contributed by atoms with Crippen molar-refractivity contribution in [3.05, 3.63) is 0 Å². The molecule has 1 N–H and O–H groups in total. The zero-order valence-corrected chi connectivity index (χ0v) is 11.6. The Morgan fingerprint density at radius 2 is 1.89 bits per heavy atom. The topological polar surface area (TPSA) is 63.6 Å². The number of hydrogen-bond donors (Lipinski definition) is 1. The maximum absolute atomic E-state index is 11.7. The summed E-state index contributed by atoms with van der Waals surface area (Å²) in [5.74, 6) is -1.04. The molecule has 1 aliphatic rings. The summed E-state index contributed by atoms with van der Waals surface area (Å²) in [7, 11) is 6.37. The first-order valence-corrected chi connectivity index (χ1v) is 6.40. The summed E-state index contributed by atoms with van der Waals surface area (Å²) < 4.78 is 5.93. The van der Waals surface area contributed by atoms with E-state index in [9.17, 15) is 9.59 Å². The van der Waals surface area contributed by atoms with Gasteiger partial charge in [-0.1, -0.05) is 0 Å². The van der Waals surface area contributed by atoms with Gasteiger partial charge in [0.1, 0.15) is 0 Å². The quantitative estimate of drug-likeness (QED) is 0.404. The molecular weight excluding hydrogens is 234 g/mol. The maximum Gasteiger partial charge on any atom is 0.306 e. The third kappa shape index (κ3) is 6.00. The van der Waals surface area contributed by atoms with Crippen molar-refractivity contribution in [3.8, 4) is 0 Å². The molecule has 0 aromatic carbocycles. The minimum absolute atomic E-state index is 0.0529. The lowest BCUT2D eigenvalue weighted by molar-refractivity contribution is -0.875. The summed E-state index contributed by atoms with van der Waals surface area (Å²) in [6.45, 7) is 1.20. The van der Waals surface area contributed by atoms with Crippen LogP contribution in [0.2, 0.25) is 0 Å². The van der Waals surface area contributed by atoms with Gasteiger partial charge in [-0.3, -0.25) is 9.59 Å². The molecule has 1 fully saturated rings. The number of carbonyl (C=O) groups excluding carboxylic acids is 1. The van der Waals surface area contributed by atoms with Gasteiger partial charge in [-0.2, -0.15) is 0 Å². The van der Waals surface area contributed by atoms with Crippen molar-refractivity contribution in [1.82, 2.24) is 0 Å². The van der Waals surface area contributed by atoms with Gasteiger partial charge in [-0.25, -0.2) is 0 Å². The highest BCUT2D eigenvalue weighted by Gasteiger charge is 2.48. The predicted octanol–water partition coefficient (Wildman–Crippen LogP) is 1.27. The summed E-state index contributed by atoms with van der Waals surface area (Å²) in [6.07, 6.45) is 3.09. The number of carboxylic acids is 1. The Bertz CT molecular complexity index is 315. The molecule has 0 saturated heterocycles. The number of carbonyl (C=O) groups is 2. The fourth-order valence-corrected chi connectivity index (χ4v) is 2.34. The van der Waals surface area contributed by atoms with E-state index in [1.54, 1.807) is 0 Å². The third-order valence-electron chi connectivity index (χ3n) is 3.08. The second kappa shape index (κ2) is 5.69. The van der Waals surface area contributed by atoms with Crippen molar-refractivity contribution in [1.29, 1.82) is 0 Å². The van der Waals surface area contributed by atoms with E-state index in [1.165, 1.54) is 0 Å². The number of carboxylic acid groups (broad SMARTS) is 1. The van der Waals surface area contributed by atoms with E-state index in [-0.39, 0.29) is 24.4 Å². The molecule has 0 bridgehead atoms. The molecule has 0 atom stereocenters. The monoisotopic (exact) mass is 258 g/mol. The van der Waals surface area contributed by atoms with Crippen LogP contribution in [0.15, 0.2) is 0 Å². The van der Waals surface area contributed by atoms with Crippen molar-refractivity contribution in [2.45, 2.75) is 32.1 Å². The number of quaternary nitrogens is 1. The van der Waals surface area contributed by atoms with Crippen LogP contribution in [0.5, 0.6) is 0 Å². The fraction of sp³-hybridized carbons (Fsp3) is 0.846. The van der Waals surface area contributed by atoms with Crippen LogP contribution in [0.3, 0.4) is 0 Å². The number of esters is 1.